The lowest BCUT2D eigenvalue weighted by Crippen LogP contribution is -2.18. The van der Waals surface area contributed by atoms with Gasteiger partial charge in [0.2, 0.25) is 5.82 Å². The summed E-state index contributed by atoms with van der Waals surface area (Å²) in [7, 11) is 1.63. The van der Waals surface area contributed by atoms with Crippen molar-refractivity contribution in [3.63, 3.8) is 0 Å². The molecule has 2 N–H and O–H groups in total. The van der Waals surface area contributed by atoms with Gasteiger partial charge in [0.1, 0.15) is 11.6 Å². The van der Waals surface area contributed by atoms with Gasteiger partial charge in [-0.2, -0.15) is 13.2 Å². The van der Waals surface area contributed by atoms with E-state index in [0.717, 1.165) is 11.3 Å². The van der Waals surface area contributed by atoms with Gasteiger partial charge < -0.3 is 10.6 Å². The van der Waals surface area contributed by atoms with Crippen LogP contribution in [0.15, 0.2) is 30.3 Å². The van der Waals surface area contributed by atoms with Crippen LogP contribution in [0.25, 0.3) is 0 Å². The molecule has 0 bridgehead atoms. The standard InChI is InChI=1S/C13H13F3N4/c1-8-5-3-4-6-9(8)20(2)11-7-10(17)18-12(19-11)13(14,15)16/h3-7H,1-2H3,(H2,17,18,19). The molecule has 4 nitrogen and oxygen atoms in total. The van der Waals surface area contributed by atoms with Gasteiger partial charge in [-0.3, -0.25) is 0 Å². The zero-order valence-electron chi connectivity index (χ0n) is 10.9. The molecule has 0 fully saturated rings. The van der Waals surface area contributed by atoms with Crippen molar-refractivity contribution < 1.29 is 13.2 Å². The molecular formula is C13H13F3N4. The van der Waals surface area contributed by atoms with Gasteiger partial charge in [0.25, 0.3) is 0 Å². The molecule has 0 saturated carbocycles. The van der Waals surface area contributed by atoms with Crippen molar-refractivity contribution in [2.45, 2.75) is 13.1 Å². The maximum atomic E-state index is 12.7. The third kappa shape index (κ3) is 2.81. The average Bonchev–Trinajstić information content (AvgIpc) is 2.37. The molecule has 0 radical (unpaired) electrons. The zero-order valence-corrected chi connectivity index (χ0v) is 10.9. The first-order valence-corrected chi connectivity index (χ1v) is 5.80. The van der Waals surface area contributed by atoms with Crippen LogP contribution in [0.3, 0.4) is 0 Å². The number of benzene rings is 1. The average molecular weight is 282 g/mol. The van der Waals surface area contributed by atoms with Gasteiger partial charge in [-0.1, -0.05) is 18.2 Å². The summed E-state index contributed by atoms with van der Waals surface area (Å²) < 4.78 is 38.1. The molecule has 2 rings (SSSR count). The predicted octanol–water partition coefficient (Wildman–Crippen LogP) is 3.15. The van der Waals surface area contributed by atoms with Crippen molar-refractivity contribution in [3.8, 4) is 0 Å². The summed E-state index contributed by atoms with van der Waals surface area (Å²) >= 11 is 0. The second kappa shape index (κ2) is 4.99. The maximum absolute atomic E-state index is 12.7. The van der Waals surface area contributed by atoms with E-state index in [-0.39, 0.29) is 11.6 Å². The Kier molecular flexibility index (Phi) is 3.52. The first kappa shape index (κ1) is 14.1. The van der Waals surface area contributed by atoms with Crippen LogP contribution in [0.2, 0.25) is 0 Å². The van der Waals surface area contributed by atoms with Gasteiger partial charge in [0.05, 0.1) is 0 Å². The highest BCUT2D eigenvalue weighted by atomic mass is 19.4. The highest BCUT2D eigenvalue weighted by Crippen LogP contribution is 2.31. The van der Waals surface area contributed by atoms with Crippen LogP contribution in [0.4, 0.5) is 30.5 Å². The third-order valence-electron chi connectivity index (χ3n) is 2.81. The molecule has 2 aromatic rings. The van der Waals surface area contributed by atoms with E-state index in [0.29, 0.717) is 0 Å². The van der Waals surface area contributed by atoms with E-state index in [2.05, 4.69) is 9.97 Å². The molecule has 20 heavy (non-hydrogen) atoms. The molecule has 1 aromatic carbocycles. The van der Waals surface area contributed by atoms with Gasteiger partial charge in [0.15, 0.2) is 0 Å². The van der Waals surface area contributed by atoms with Crippen LogP contribution >= 0.6 is 0 Å². The Labute approximate surface area is 114 Å². The molecule has 0 aliphatic heterocycles. The van der Waals surface area contributed by atoms with Crippen molar-refractivity contribution in [2.24, 2.45) is 0 Å². The zero-order chi connectivity index (χ0) is 14.9. The number of halogens is 3. The highest BCUT2D eigenvalue weighted by Gasteiger charge is 2.35. The number of nitrogens with zero attached hydrogens (tertiary/aromatic N) is 3. The second-order valence-corrected chi connectivity index (χ2v) is 4.32. The number of nitrogens with two attached hydrogens (primary N) is 1. The van der Waals surface area contributed by atoms with Crippen molar-refractivity contribution in [2.75, 3.05) is 17.7 Å². The summed E-state index contributed by atoms with van der Waals surface area (Å²) in [5.41, 5.74) is 7.10. The molecule has 0 atom stereocenters. The lowest BCUT2D eigenvalue weighted by atomic mass is 10.2. The first-order chi connectivity index (χ1) is 9.29. The predicted molar refractivity (Wildman–Crippen MR) is 70.7 cm³/mol. The number of hydrogen-bond donors (Lipinski definition) is 1. The summed E-state index contributed by atoms with van der Waals surface area (Å²) in [4.78, 5) is 8.29. The van der Waals surface area contributed by atoms with Crippen molar-refractivity contribution >= 4 is 17.3 Å². The van der Waals surface area contributed by atoms with Crippen LogP contribution in [0.5, 0.6) is 0 Å². The van der Waals surface area contributed by atoms with E-state index in [1.165, 1.54) is 6.07 Å². The summed E-state index contributed by atoms with van der Waals surface area (Å²) in [6.45, 7) is 1.86. The summed E-state index contributed by atoms with van der Waals surface area (Å²) in [5.74, 6) is -1.37. The van der Waals surface area contributed by atoms with E-state index in [1.54, 1.807) is 24.1 Å². The van der Waals surface area contributed by atoms with Crippen LogP contribution in [0, 0.1) is 6.92 Å². The molecule has 0 aliphatic carbocycles. The second-order valence-electron chi connectivity index (χ2n) is 4.32. The minimum Gasteiger partial charge on any atom is -0.384 e. The minimum atomic E-state index is -4.63. The monoisotopic (exact) mass is 282 g/mol. The number of anilines is 3. The summed E-state index contributed by atoms with van der Waals surface area (Å²) in [6, 6.07) is 8.61. The molecule has 0 amide bonds. The van der Waals surface area contributed by atoms with Crippen LogP contribution in [-0.2, 0) is 6.18 Å². The van der Waals surface area contributed by atoms with E-state index >= 15 is 0 Å². The fourth-order valence-electron chi connectivity index (χ4n) is 1.81. The normalized spacial score (nSPS) is 11.4. The summed E-state index contributed by atoms with van der Waals surface area (Å²) in [6.07, 6.45) is -4.63. The quantitative estimate of drug-likeness (QED) is 0.919. The smallest absolute Gasteiger partial charge is 0.384 e. The number of rotatable bonds is 2. The Morgan fingerprint density at radius 2 is 1.80 bits per heavy atom. The highest BCUT2D eigenvalue weighted by molar-refractivity contribution is 5.64. The van der Waals surface area contributed by atoms with Crippen molar-refractivity contribution in [1.29, 1.82) is 0 Å². The fourth-order valence-corrected chi connectivity index (χ4v) is 1.81. The number of nitrogen functional groups attached to an aromatic ring is 1. The molecule has 7 heteroatoms. The number of para-hydroxylation sites is 1. The Hall–Kier alpha value is -2.31. The Morgan fingerprint density at radius 3 is 2.40 bits per heavy atom. The lowest BCUT2D eigenvalue weighted by Gasteiger charge is -2.21. The first-order valence-electron chi connectivity index (χ1n) is 5.80. The van der Waals surface area contributed by atoms with Gasteiger partial charge in [-0.05, 0) is 18.6 Å². The largest absolute Gasteiger partial charge is 0.451 e. The van der Waals surface area contributed by atoms with Gasteiger partial charge in [-0.15, -0.1) is 0 Å². The van der Waals surface area contributed by atoms with Crippen LogP contribution in [-0.4, -0.2) is 17.0 Å². The molecule has 0 unspecified atom stereocenters. The van der Waals surface area contributed by atoms with Crippen LogP contribution in [0.1, 0.15) is 11.4 Å². The minimum absolute atomic E-state index is 0.0964. The van der Waals surface area contributed by atoms with Gasteiger partial charge in [0, 0.05) is 18.8 Å². The third-order valence-corrected chi connectivity index (χ3v) is 2.81. The SMILES string of the molecule is Cc1ccccc1N(C)c1cc(N)nc(C(F)(F)F)n1. The van der Waals surface area contributed by atoms with Gasteiger partial charge in [-0.25, -0.2) is 9.97 Å². The molecule has 106 valence electrons. The maximum Gasteiger partial charge on any atom is 0.451 e. The number of aromatic nitrogens is 2. The Balaban J connectivity index is 2.48. The molecule has 1 heterocycles. The van der Waals surface area contributed by atoms with E-state index in [9.17, 15) is 13.2 Å². The number of alkyl halides is 3. The summed E-state index contributed by atoms with van der Waals surface area (Å²) in [5, 5.41) is 0. The molecule has 0 spiro atoms. The van der Waals surface area contributed by atoms with E-state index in [1.807, 2.05) is 19.1 Å². The number of hydrogen-bond acceptors (Lipinski definition) is 4. The topological polar surface area (TPSA) is 55.0 Å². The van der Waals surface area contributed by atoms with Crippen molar-refractivity contribution in [1.82, 2.24) is 9.97 Å². The molecule has 0 saturated heterocycles. The van der Waals surface area contributed by atoms with E-state index < -0.39 is 12.0 Å². The number of aryl methyl sites for hydroxylation is 1. The fraction of sp³-hybridized carbons (Fsp3) is 0.231. The Morgan fingerprint density at radius 1 is 1.15 bits per heavy atom. The van der Waals surface area contributed by atoms with Crippen LogP contribution < -0.4 is 10.6 Å². The molecular weight excluding hydrogens is 269 g/mol. The van der Waals surface area contributed by atoms with Crippen molar-refractivity contribution in [3.05, 3.63) is 41.7 Å². The lowest BCUT2D eigenvalue weighted by molar-refractivity contribution is -0.144. The van der Waals surface area contributed by atoms with E-state index in [4.69, 9.17) is 5.73 Å². The Bertz CT molecular complexity index is 625. The van der Waals surface area contributed by atoms with Gasteiger partial charge >= 0.3 is 6.18 Å². The molecule has 1 aromatic heterocycles. The molecule has 0 aliphatic rings.